The Hall–Kier alpha value is -5.13. The second-order valence-electron chi connectivity index (χ2n) is 12.5. The molecule has 3 aromatic rings. The molecule has 0 saturated carbocycles. The molecule has 48 heavy (non-hydrogen) atoms. The van der Waals surface area contributed by atoms with Crippen LogP contribution in [0.15, 0.2) is 73.1 Å². The van der Waals surface area contributed by atoms with Crippen molar-refractivity contribution < 1.29 is 28.4 Å². The number of benzene rings is 2. The highest BCUT2D eigenvalue weighted by Gasteiger charge is 2.29. The van der Waals surface area contributed by atoms with Crippen molar-refractivity contribution in [3.05, 3.63) is 101 Å². The van der Waals surface area contributed by atoms with Crippen molar-refractivity contribution in [2.24, 2.45) is 5.92 Å². The van der Waals surface area contributed by atoms with Gasteiger partial charge >= 0.3 is 0 Å². The molecule has 0 fully saturated rings. The number of hydrogen-bond acceptors (Lipinski definition) is 6. The molecule has 5 amide bonds. The van der Waals surface area contributed by atoms with E-state index in [1.54, 1.807) is 36.1 Å². The summed E-state index contributed by atoms with van der Waals surface area (Å²) in [6.45, 7) is 6.21. The number of pyridine rings is 1. The summed E-state index contributed by atoms with van der Waals surface area (Å²) in [5, 5.41) is 11.2. The predicted octanol–water partition coefficient (Wildman–Crippen LogP) is 3.15. The Bertz CT molecular complexity index is 1580. The molecule has 1 aromatic heterocycles. The Labute approximate surface area is 280 Å². The van der Waals surface area contributed by atoms with E-state index in [0.717, 1.165) is 23.4 Å². The van der Waals surface area contributed by atoms with Gasteiger partial charge in [-0.05, 0) is 61.4 Å². The Morgan fingerprint density at radius 1 is 0.896 bits per heavy atom. The van der Waals surface area contributed by atoms with Gasteiger partial charge in [-0.15, -0.1) is 0 Å². The smallest absolute Gasteiger partial charge is 0.255 e. The second kappa shape index (κ2) is 17.1. The molecule has 0 aliphatic carbocycles. The van der Waals surface area contributed by atoms with Gasteiger partial charge in [-0.1, -0.05) is 56.3 Å². The molecule has 3 heterocycles. The van der Waals surface area contributed by atoms with E-state index < -0.39 is 53.5 Å². The van der Waals surface area contributed by atoms with Crippen LogP contribution < -0.4 is 21.3 Å². The average molecular weight is 659 g/mol. The second-order valence-corrected chi connectivity index (χ2v) is 12.5. The maximum absolute atomic E-state index is 13.9. The number of fused-ring (bicyclic) bond motifs is 18. The normalized spacial score (nSPS) is 20.3. The quantitative estimate of drug-likeness (QED) is 0.310. The summed E-state index contributed by atoms with van der Waals surface area (Å²) < 4.78 is 13.9. The van der Waals surface area contributed by atoms with Gasteiger partial charge in [0.25, 0.3) is 11.8 Å². The van der Waals surface area contributed by atoms with Gasteiger partial charge in [-0.25, -0.2) is 4.39 Å². The molecule has 0 unspecified atom stereocenters. The van der Waals surface area contributed by atoms with Crippen LogP contribution in [0.3, 0.4) is 0 Å². The van der Waals surface area contributed by atoms with Crippen LogP contribution in [0.5, 0.6) is 0 Å². The minimum absolute atomic E-state index is 0.0453. The van der Waals surface area contributed by atoms with Crippen molar-refractivity contribution in [3.63, 3.8) is 0 Å². The van der Waals surface area contributed by atoms with Crippen LogP contribution in [0.2, 0.25) is 0 Å². The van der Waals surface area contributed by atoms with Gasteiger partial charge in [0.05, 0.1) is 11.8 Å². The molecular formula is C36H43FN6O5. The molecule has 0 spiro atoms. The van der Waals surface area contributed by atoms with Gasteiger partial charge in [0.2, 0.25) is 17.7 Å². The van der Waals surface area contributed by atoms with E-state index in [1.165, 1.54) is 6.20 Å². The zero-order chi connectivity index (χ0) is 34.6. The van der Waals surface area contributed by atoms with Crippen LogP contribution in [0, 0.1) is 11.7 Å². The fourth-order valence-corrected chi connectivity index (χ4v) is 5.39. The number of amides is 5. The van der Waals surface area contributed by atoms with E-state index in [9.17, 15) is 28.4 Å². The average Bonchev–Trinajstić information content (AvgIpc) is 3.06. The van der Waals surface area contributed by atoms with E-state index in [0.29, 0.717) is 37.9 Å². The number of nitrogens with one attached hydrogen (secondary N) is 4. The van der Waals surface area contributed by atoms with E-state index in [4.69, 9.17) is 0 Å². The first-order valence-corrected chi connectivity index (χ1v) is 16.2. The Morgan fingerprint density at radius 3 is 2.29 bits per heavy atom. The van der Waals surface area contributed by atoms with Crippen molar-refractivity contribution >= 4 is 29.5 Å². The van der Waals surface area contributed by atoms with Crippen LogP contribution in [-0.2, 0) is 27.3 Å². The zero-order valence-electron chi connectivity index (χ0n) is 27.5. The lowest BCUT2D eigenvalue weighted by atomic mass is 10.0. The molecular weight excluding hydrogens is 615 g/mol. The van der Waals surface area contributed by atoms with E-state index in [2.05, 4.69) is 26.3 Å². The summed E-state index contributed by atoms with van der Waals surface area (Å²) >= 11 is 0. The summed E-state index contributed by atoms with van der Waals surface area (Å²) in [7, 11) is 0. The van der Waals surface area contributed by atoms with Crippen LogP contribution in [0.25, 0.3) is 0 Å². The number of hydrogen-bond donors (Lipinski definition) is 4. The van der Waals surface area contributed by atoms with Crippen LogP contribution in [0.1, 0.15) is 71.9 Å². The van der Waals surface area contributed by atoms with Crippen molar-refractivity contribution in [2.45, 2.75) is 71.1 Å². The van der Waals surface area contributed by atoms with Gasteiger partial charge in [-0.2, -0.15) is 0 Å². The topological polar surface area (TPSA) is 150 Å². The van der Waals surface area contributed by atoms with Gasteiger partial charge in [-0.3, -0.25) is 29.0 Å². The maximum atomic E-state index is 13.9. The largest absolute Gasteiger partial charge is 0.354 e. The number of halogens is 1. The lowest BCUT2D eigenvalue weighted by Gasteiger charge is -2.25. The minimum atomic E-state index is -1.01. The lowest BCUT2D eigenvalue weighted by molar-refractivity contribution is -0.132. The van der Waals surface area contributed by atoms with Crippen LogP contribution >= 0.6 is 0 Å². The summed E-state index contributed by atoms with van der Waals surface area (Å²) in [5.41, 5.74) is 1.95. The molecule has 2 aromatic carbocycles. The van der Waals surface area contributed by atoms with Crippen molar-refractivity contribution in [2.75, 3.05) is 13.1 Å². The predicted molar refractivity (Wildman–Crippen MR) is 178 cm³/mol. The lowest BCUT2D eigenvalue weighted by Crippen LogP contribution is -2.57. The summed E-state index contributed by atoms with van der Waals surface area (Å²) in [6, 6.07) is 14.2. The molecule has 0 saturated heterocycles. The van der Waals surface area contributed by atoms with Crippen molar-refractivity contribution in [1.29, 1.82) is 0 Å². The molecule has 2 aliphatic rings. The molecule has 0 radical (unpaired) electrons. The SMILES string of the molecule is CC(C)C[C@@H]1NC(=O)[C@@H](Cc2ccccc2)NC(=O)c2ccc(cc2)CN(C(=O)c2cncc(F)c2)CCCCNC(=O)[C@@H](C)NC1=O. The Morgan fingerprint density at radius 2 is 1.60 bits per heavy atom. The van der Waals surface area contributed by atoms with Gasteiger partial charge in [0.1, 0.15) is 23.9 Å². The standard InChI is InChI=1S/C36H43FN6O5/c1-23(2)17-30-34(46)40-24(3)32(44)39-15-7-8-16-43(36(48)28-19-29(37)21-38-20-28)22-26-11-13-27(14-12-26)33(45)41-31(35(47)42-30)18-25-9-5-4-6-10-25/h4-6,9-14,19-21,23-24,30-31H,7-8,15-18,22H2,1-3H3,(H,39,44)(H,40,46)(H,41,45)(H,42,47)/t24-,30+,31-/m1/s1. The summed E-state index contributed by atoms with van der Waals surface area (Å²) in [4.78, 5) is 72.1. The Balaban J connectivity index is 1.62. The molecule has 5 rings (SSSR count). The van der Waals surface area contributed by atoms with Crippen LogP contribution in [-0.4, -0.2) is 70.6 Å². The third-order valence-corrected chi connectivity index (χ3v) is 7.98. The van der Waals surface area contributed by atoms with Crippen molar-refractivity contribution in [1.82, 2.24) is 31.2 Å². The number of carbonyl (C=O) groups excluding carboxylic acids is 5. The first-order valence-electron chi connectivity index (χ1n) is 16.2. The van der Waals surface area contributed by atoms with Crippen molar-refractivity contribution in [3.8, 4) is 0 Å². The summed E-state index contributed by atoms with van der Waals surface area (Å²) in [5.74, 6) is -2.91. The highest BCUT2D eigenvalue weighted by molar-refractivity contribution is 5.99. The first kappa shape index (κ1) is 35.7. The number of rotatable bonds is 5. The monoisotopic (exact) mass is 658 g/mol. The van der Waals surface area contributed by atoms with Gasteiger partial charge in [0, 0.05) is 37.8 Å². The summed E-state index contributed by atoms with van der Waals surface area (Å²) in [6.07, 6.45) is 3.89. The fourth-order valence-electron chi connectivity index (χ4n) is 5.39. The van der Waals surface area contributed by atoms with Gasteiger partial charge in [0.15, 0.2) is 0 Å². The van der Waals surface area contributed by atoms with E-state index in [-0.39, 0.29) is 24.4 Å². The Kier molecular flexibility index (Phi) is 12.8. The highest BCUT2D eigenvalue weighted by Crippen LogP contribution is 2.15. The molecule has 11 nitrogen and oxygen atoms in total. The third-order valence-electron chi connectivity index (χ3n) is 7.98. The first-order chi connectivity index (χ1) is 23.0. The molecule has 12 heteroatoms. The highest BCUT2D eigenvalue weighted by atomic mass is 19.1. The molecule has 2 aliphatic heterocycles. The van der Waals surface area contributed by atoms with Crippen LogP contribution in [0.4, 0.5) is 4.39 Å². The third kappa shape index (κ3) is 10.4. The number of nitrogens with zero attached hydrogens (tertiary/aromatic N) is 2. The fraction of sp³-hybridized carbons (Fsp3) is 0.389. The zero-order valence-corrected chi connectivity index (χ0v) is 27.5. The molecule has 2 bridgehead atoms. The van der Waals surface area contributed by atoms with E-state index in [1.807, 2.05) is 44.2 Å². The maximum Gasteiger partial charge on any atom is 0.255 e. The number of carbonyl (C=O) groups is 5. The molecule has 254 valence electrons. The molecule has 3 atom stereocenters. The number of aromatic nitrogens is 1. The molecule has 4 N–H and O–H groups in total. The van der Waals surface area contributed by atoms with Gasteiger partial charge < -0.3 is 26.2 Å². The van der Waals surface area contributed by atoms with E-state index >= 15 is 0 Å². The minimum Gasteiger partial charge on any atom is -0.354 e.